The minimum atomic E-state index is -0.305. The Hall–Kier alpha value is -0.580. The molecule has 0 spiro atoms. The fraction of sp³-hybridized carbons (Fsp3) is 0.833. The van der Waals surface area contributed by atoms with Crippen molar-refractivity contribution < 1.29 is 9.59 Å². The van der Waals surface area contributed by atoms with Crippen LogP contribution in [0.5, 0.6) is 0 Å². The van der Waals surface area contributed by atoms with Gasteiger partial charge in [-0.25, -0.2) is 0 Å². The van der Waals surface area contributed by atoms with Gasteiger partial charge >= 0.3 is 0 Å². The van der Waals surface area contributed by atoms with E-state index in [1.165, 1.54) is 0 Å². The molecule has 17 heavy (non-hydrogen) atoms. The van der Waals surface area contributed by atoms with E-state index >= 15 is 0 Å². The van der Waals surface area contributed by atoms with Crippen molar-refractivity contribution in [1.82, 2.24) is 9.80 Å². The van der Waals surface area contributed by atoms with Crippen LogP contribution >= 0.6 is 15.9 Å². The van der Waals surface area contributed by atoms with Crippen LogP contribution in [-0.4, -0.2) is 52.1 Å². The van der Waals surface area contributed by atoms with Gasteiger partial charge in [0.25, 0.3) is 0 Å². The van der Waals surface area contributed by atoms with E-state index in [4.69, 9.17) is 0 Å². The predicted octanol–water partition coefficient (Wildman–Crippen LogP) is 1.38. The highest BCUT2D eigenvalue weighted by Crippen LogP contribution is 2.21. The highest BCUT2D eigenvalue weighted by atomic mass is 79.9. The molecule has 2 unspecified atom stereocenters. The second-order valence-corrected chi connectivity index (χ2v) is 5.96. The molecule has 0 bridgehead atoms. The Morgan fingerprint density at radius 3 is 2.59 bits per heavy atom. The Morgan fingerprint density at radius 1 is 1.29 bits per heavy atom. The summed E-state index contributed by atoms with van der Waals surface area (Å²) in [6, 6.07) is -0.305. The highest BCUT2D eigenvalue weighted by Gasteiger charge is 2.35. The molecule has 0 saturated carbocycles. The average molecular weight is 303 g/mol. The van der Waals surface area contributed by atoms with Crippen LogP contribution in [0.15, 0.2) is 0 Å². The summed E-state index contributed by atoms with van der Waals surface area (Å²) >= 11 is 3.38. The first-order valence-electron chi connectivity index (χ1n) is 6.34. The average Bonchev–Trinajstić information content (AvgIpc) is 2.84. The lowest BCUT2D eigenvalue weighted by Crippen LogP contribution is -2.53. The molecule has 0 aromatic rings. The number of likely N-dealkylation sites (tertiary alicyclic amines) is 2. The third kappa shape index (κ3) is 2.64. The molecule has 2 atom stereocenters. The van der Waals surface area contributed by atoms with E-state index < -0.39 is 0 Å². The van der Waals surface area contributed by atoms with Gasteiger partial charge in [0, 0.05) is 19.6 Å². The van der Waals surface area contributed by atoms with Crippen molar-refractivity contribution in [1.29, 1.82) is 0 Å². The maximum atomic E-state index is 12.2. The first-order chi connectivity index (χ1) is 8.11. The highest BCUT2D eigenvalue weighted by molar-refractivity contribution is 9.10. The summed E-state index contributed by atoms with van der Waals surface area (Å²) in [5.41, 5.74) is 0. The van der Waals surface area contributed by atoms with E-state index in [0.717, 1.165) is 38.8 Å². The van der Waals surface area contributed by atoms with E-state index in [1.807, 2.05) is 11.8 Å². The van der Waals surface area contributed by atoms with Crippen LogP contribution < -0.4 is 0 Å². The van der Waals surface area contributed by atoms with Gasteiger partial charge in [0.1, 0.15) is 6.04 Å². The van der Waals surface area contributed by atoms with Crippen LogP contribution in [0.2, 0.25) is 0 Å². The predicted molar refractivity (Wildman–Crippen MR) is 68.9 cm³/mol. The van der Waals surface area contributed by atoms with Gasteiger partial charge in [0.15, 0.2) is 0 Å². The number of hydrogen-bond acceptors (Lipinski definition) is 2. The minimum Gasteiger partial charge on any atom is -0.341 e. The van der Waals surface area contributed by atoms with Crippen LogP contribution in [0, 0.1) is 0 Å². The summed E-state index contributed by atoms with van der Waals surface area (Å²) in [6.07, 6.45) is 4.03. The Kier molecular flexibility index (Phi) is 4.07. The van der Waals surface area contributed by atoms with Crippen molar-refractivity contribution in [3.63, 3.8) is 0 Å². The molecular weight excluding hydrogens is 284 g/mol. The molecule has 2 rings (SSSR count). The first kappa shape index (κ1) is 12.9. The maximum Gasteiger partial charge on any atom is 0.245 e. The van der Waals surface area contributed by atoms with Crippen molar-refractivity contribution in [2.45, 2.75) is 43.5 Å². The van der Waals surface area contributed by atoms with Crippen molar-refractivity contribution in [3.8, 4) is 0 Å². The zero-order valence-electron chi connectivity index (χ0n) is 10.2. The number of carbonyl (C=O) groups excluding carboxylic acids is 2. The molecule has 2 aliphatic rings. The summed E-state index contributed by atoms with van der Waals surface area (Å²) in [6.45, 7) is 4.26. The van der Waals surface area contributed by atoms with Gasteiger partial charge in [-0.05, 0) is 32.6 Å². The zero-order chi connectivity index (χ0) is 12.4. The van der Waals surface area contributed by atoms with Gasteiger partial charge < -0.3 is 9.80 Å². The molecule has 0 aliphatic carbocycles. The second kappa shape index (κ2) is 5.38. The third-order valence-corrected chi connectivity index (χ3v) is 4.50. The molecule has 2 heterocycles. The SMILES string of the molecule is CC(C(=O)N1CCCC1)N1CCCC(Br)C1=O. The Morgan fingerprint density at radius 2 is 1.94 bits per heavy atom. The van der Waals surface area contributed by atoms with E-state index in [1.54, 1.807) is 4.90 Å². The normalized spacial score (nSPS) is 27.4. The fourth-order valence-electron chi connectivity index (χ4n) is 2.57. The van der Waals surface area contributed by atoms with Gasteiger partial charge in [0.2, 0.25) is 11.8 Å². The molecule has 0 aromatic carbocycles. The molecule has 2 amide bonds. The molecule has 5 heteroatoms. The van der Waals surface area contributed by atoms with Crippen LogP contribution in [0.4, 0.5) is 0 Å². The number of hydrogen-bond donors (Lipinski definition) is 0. The largest absolute Gasteiger partial charge is 0.341 e. The van der Waals surface area contributed by atoms with E-state index in [-0.39, 0.29) is 22.7 Å². The number of piperidine rings is 1. The third-order valence-electron chi connectivity index (χ3n) is 3.65. The van der Waals surface area contributed by atoms with Crippen molar-refractivity contribution >= 4 is 27.7 Å². The van der Waals surface area contributed by atoms with Crippen LogP contribution in [0.25, 0.3) is 0 Å². The lowest BCUT2D eigenvalue weighted by Gasteiger charge is -2.35. The smallest absolute Gasteiger partial charge is 0.245 e. The summed E-state index contributed by atoms with van der Waals surface area (Å²) in [5.74, 6) is 0.175. The van der Waals surface area contributed by atoms with Gasteiger partial charge in [-0.15, -0.1) is 0 Å². The van der Waals surface area contributed by atoms with Gasteiger partial charge in [0.05, 0.1) is 4.83 Å². The molecule has 0 radical (unpaired) electrons. The number of rotatable bonds is 2. The molecule has 96 valence electrons. The molecule has 0 N–H and O–H groups in total. The number of carbonyl (C=O) groups is 2. The van der Waals surface area contributed by atoms with E-state index in [9.17, 15) is 9.59 Å². The molecule has 2 saturated heterocycles. The van der Waals surface area contributed by atoms with Gasteiger partial charge in [-0.2, -0.15) is 0 Å². The molecule has 4 nitrogen and oxygen atoms in total. The topological polar surface area (TPSA) is 40.6 Å². The monoisotopic (exact) mass is 302 g/mol. The lowest BCUT2D eigenvalue weighted by atomic mass is 10.1. The Labute approximate surface area is 110 Å². The van der Waals surface area contributed by atoms with Gasteiger partial charge in [-0.3, -0.25) is 9.59 Å². The van der Waals surface area contributed by atoms with E-state index in [2.05, 4.69) is 15.9 Å². The van der Waals surface area contributed by atoms with Gasteiger partial charge in [-0.1, -0.05) is 15.9 Å². The van der Waals surface area contributed by atoms with E-state index in [0.29, 0.717) is 6.54 Å². The molecule has 2 aliphatic heterocycles. The van der Waals surface area contributed by atoms with Crippen LogP contribution in [0.1, 0.15) is 32.6 Å². The van der Waals surface area contributed by atoms with Crippen LogP contribution in [-0.2, 0) is 9.59 Å². The van der Waals surface area contributed by atoms with Crippen molar-refractivity contribution in [2.24, 2.45) is 0 Å². The van der Waals surface area contributed by atoms with Crippen molar-refractivity contribution in [3.05, 3.63) is 0 Å². The number of halogens is 1. The molecule has 0 aromatic heterocycles. The first-order valence-corrected chi connectivity index (χ1v) is 7.26. The van der Waals surface area contributed by atoms with Crippen LogP contribution in [0.3, 0.4) is 0 Å². The number of nitrogens with zero attached hydrogens (tertiary/aromatic N) is 2. The fourth-order valence-corrected chi connectivity index (χ4v) is 3.16. The Bertz CT molecular complexity index is 316. The lowest BCUT2D eigenvalue weighted by molar-refractivity contribution is -0.145. The number of alkyl halides is 1. The number of amides is 2. The minimum absolute atomic E-state index is 0.0660. The molecule has 2 fully saturated rings. The Balaban J connectivity index is 2.00. The summed E-state index contributed by atoms with van der Waals surface area (Å²) in [4.78, 5) is 27.7. The standard InChI is InChI=1S/C12H19BrN2O2/c1-9(11(16)14-6-2-3-7-14)15-8-4-5-10(13)12(15)17/h9-10H,2-8H2,1H3. The summed E-state index contributed by atoms with van der Waals surface area (Å²) in [7, 11) is 0. The quantitative estimate of drug-likeness (QED) is 0.723. The zero-order valence-corrected chi connectivity index (χ0v) is 11.8. The summed E-state index contributed by atoms with van der Waals surface area (Å²) < 4.78 is 0. The summed E-state index contributed by atoms with van der Waals surface area (Å²) in [5, 5.41) is 0. The van der Waals surface area contributed by atoms with Crippen molar-refractivity contribution in [2.75, 3.05) is 19.6 Å². The molecular formula is C12H19BrN2O2. The maximum absolute atomic E-state index is 12.2. The second-order valence-electron chi connectivity index (χ2n) is 4.85.